The number of nitrogens with zero attached hydrogens (tertiary/aromatic N) is 2. The Bertz CT molecular complexity index is 578. The Kier molecular flexibility index (Phi) is 4.17. The van der Waals surface area contributed by atoms with Crippen LogP contribution in [0.25, 0.3) is 0 Å². The quantitative estimate of drug-likeness (QED) is 0.785. The van der Waals surface area contributed by atoms with Crippen molar-refractivity contribution >= 4 is 18.4 Å². The molecule has 0 spiro atoms. The summed E-state index contributed by atoms with van der Waals surface area (Å²) in [6, 6.07) is 1.51. The summed E-state index contributed by atoms with van der Waals surface area (Å²) in [7, 11) is -0.707. The zero-order chi connectivity index (χ0) is 16.8. The van der Waals surface area contributed by atoms with Gasteiger partial charge in [-0.2, -0.15) is 0 Å². The Morgan fingerprint density at radius 1 is 1.26 bits per heavy atom. The molecule has 3 rings (SSSR count). The predicted octanol–water partition coefficient (Wildman–Crippen LogP) is 2.76. The van der Waals surface area contributed by atoms with Crippen molar-refractivity contribution in [1.29, 1.82) is 0 Å². The van der Waals surface area contributed by atoms with Crippen LogP contribution in [0, 0.1) is 11.7 Å². The molecule has 0 aromatic carbocycles. The summed E-state index contributed by atoms with van der Waals surface area (Å²) in [5, 5.41) is 0. The zero-order valence-electron chi connectivity index (χ0n) is 14.7. The summed E-state index contributed by atoms with van der Waals surface area (Å²) in [5.74, 6) is 1.01. The molecule has 3 heterocycles. The molecular formula is C17H26BFN2O2. The minimum atomic E-state index is -0.707. The number of halogens is 1. The van der Waals surface area contributed by atoms with Crippen LogP contribution in [0.15, 0.2) is 12.3 Å². The second kappa shape index (κ2) is 5.74. The number of rotatable bonds is 2. The molecule has 2 aliphatic heterocycles. The fourth-order valence-corrected chi connectivity index (χ4v) is 3.15. The van der Waals surface area contributed by atoms with Crippen molar-refractivity contribution < 1.29 is 13.7 Å². The van der Waals surface area contributed by atoms with Crippen LogP contribution in [0.5, 0.6) is 0 Å². The first-order valence-electron chi connectivity index (χ1n) is 8.46. The van der Waals surface area contributed by atoms with Gasteiger partial charge in [0.1, 0.15) is 11.6 Å². The summed E-state index contributed by atoms with van der Waals surface area (Å²) in [6.07, 6.45) is 3.92. The number of piperidine rings is 1. The Morgan fingerprint density at radius 2 is 1.91 bits per heavy atom. The average Bonchev–Trinajstić information content (AvgIpc) is 2.67. The smallest absolute Gasteiger partial charge is 0.399 e. The van der Waals surface area contributed by atoms with Crippen molar-refractivity contribution in [2.24, 2.45) is 5.92 Å². The molecule has 2 saturated heterocycles. The molecule has 1 aromatic heterocycles. The van der Waals surface area contributed by atoms with Crippen molar-refractivity contribution in [1.82, 2.24) is 4.98 Å². The van der Waals surface area contributed by atoms with E-state index in [1.165, 1.54) is 12.5 Å². The third kappa shape index (κ3) is 3.11. The second-order valence-corrected chi connectivity index (χ2v) is 7.85. The first-order chi connectivity index (χ1) is 10.7. The van der Waals surface area contributed by atoms with Crippen molar-refractivity contribution in [2.75, 3.05) is 18.0 Å². The molecule has 4 nitrogen and oxygen atoms in total. The van der Waals surface area contributed by atoms with Crippen molar-refractivity contribution in [3.63, 3.8) is 0 Å². The minimum Gasteiger partial charge on any atom is -0.399 e. The third-order valence-corrected chi connectivity index (χ3v) is 5.36. The molecule has 23 heavy (non-hydrogen) atoms. The molecule has 0 amide bonds. The van der Waals surface area contributed by atoms with E-state index in [1.807, 2.05) is 27.7 Å². The van der Waals surface area contributed by atoms with Crippen LogP contribution in [-0.2, 0) is 9.31 Å². The van der Waals surface area contributed by atoms with Crippen LogP contribution in [0.1, 0.15) is 47.5 Å². The van der Waals surface area contributed by atoms with Gasteiger partial charge in [0.25, 0.3) is 0 Å². The van der Waals surface area contributed by atoms with Gasteiger partial charge in [-0.05, 0) is 46.5 Å². The largest absolute Gasteiger partial charge is 0.499 e. The molecule has 2 fully saturated rings. The molecule has 0 aliphatic carbocycles. The van der Waals surface area contributed by atoms with Crippen LogP contribution in [0.3, 0.4) is 0 Å². The van der Waals surface area contributed by atoms with E-state index in [0.29, 0.717) is 17.2 Å². The Morgan fingerprint density at radius 3 is 2.48 bits per heavy atom. The molecule has 0 bridgehead atoms. The van der Waals surface area contributed by atoms with E-state index in [9.17, 15) is 4.39 Å². The van der Waals surface area contributed by atoms with Gasteiger partial charge in [-0.25, -0.2) is 9.37 Å². The molecule has 0 saturated carbocycles. The monoisotopic (exact) mass is 320 g/mol. The molecular weight excluding hydrogens is 294 g/mol. The van der Waals surface area contributed by atoms with Gasteiger partial charge >= 0.3 is 7.12 Å². The molecule has 126 valence electrons. The lowest BCUT2D eigenvalue weighted by molar-refractivity contribution is 0.00578. The zero-order valence-corrected chi connectivity index (χ0v) is 14.7. The highest BCUT2D eigenvalue weighted by Crippen LogP contribution is 2.36. The van der Waals surface area contributed by atoms with Crippen LogP contribution >= 0.6 is 0 Å². The first-order valence-corrected chi connectivity index (χ1v) is 8.46. The van der Waals surface area contributed by atoms with E-state index in [2.05, 4.69) is 16.8 Å². The van der Waals surface area contributed by atoms with E-state index in [0.717, 1.165) is 19.5 Å². The molecule has 0 radical (unpaired) electrons. The minimum absolute atomic E-state index is 0.313. The van der Waals surface area contributed by atoms with Gasteiger partial charge < -0.3 is 14.2 Å². The summed E-state index contributed by atoms with van der Waals surface area (Å²) >= 11 is 0. The topological polar surface area (TPSA) is 34.6 Å². The highest BCUT2D eigenvalue weighted by atomic mass is 19.1. The molecule has 2 aliphatic rings. The number of anilines is 1. The molecule has 1 unspecified atom stereocenters. The predicted molar refractivity (Wildman–Crippen MR) is 90.5 cm³/mol. The fraction of sp³-hybridized carbons (Fsp3) is 0.706. The van der Waals surface area contributed by atoms with Gasteiger partial charge in [0.05, 0.1) is 11.2 Å². The number of hydrogen-bond acceptors (Lipinski definition) is 4. The Balaban J connectivity index is 1.81. The van der Waals surface area contributed by atoms with Crippen LogP contribution in [-0.4, -0.2) is 36.4 Å². The third-order valence-electron chi connectivity index (χ3n) is 5.36. The van der Waals surface area contributed by atoms with Crippen molar-refractivity contribution in [2.45, 2.75) is 58.7 Å². The SMILES string of the molecule is CC1CCCN(c2cc(F)c(B3OC(C)(C)C(C)(C)O3)cn2)C1. The Labute approximate surface area is 138 Å². The van der Waals surface area contributed by atoms with Crippen LogP contribution in [0.4, 0.5) is 10.2 Å². The summed E-state index contributed by atoms with van der Waals surface area (Å²) in [5.41, 5.74) is -0.589. The van der Waals surface area contributed by atoms with Gasteiger partial charge in [0.15, 0.2) is 0 Å². The van der Waals surface area contributed by atoms with Crippen LogP contribution < -0.4 is 10.4 Å². The van der Waals surface area contributed by atoms with Gasteiger partial charge in [-0.3, -0.25) is 0 Å². The maximum atomic E-state index is 14.6. The molecule has 1 atom stereocenters. The number of aromatic nitrogens is 1. The lowest BCUT2D eigenvalue weighted by Gasteiger charge is -2.32. The lowest BCUT2D eigenvalue weighted by Crippen LogP contribution is -2.41. The van der Waals surface area contributed by atoms with Crippen molar-refractivity contribution in [3.05, 3.63) is 18.1 Å². The summed E-state index contributed by atoms with van der Waals surface area (Å²) in [4.78, 5) is 6.62. The Hall–Kier alpha value is -1.14. The highest BCUT2D eigenvalue weighted by molar-refractivity contribution is 6.62. The average molecular weight is 320 g/mol. The van der Waals surface area contributed by atoms with E-state index in [4.69, 9.17) is 9.31 Å². The van der Waals surface area contributed by atoms with Crippen molar-refractivity contribution in [3.8, 4) is 0 Å². The maximum absolute atomic E-state index is 14.6. The number of pyridine rings is 1. The molecule has 6 heteroatoms. The van der Waals surface area contributed by atoms with Gasteiger partial charge in [0.2, 0.25) is 0 Å². The van der Waals surface area contributed by atoms with E-state index >= 15 is 0 Å². The molecule has 0 N–H and O–H groups in total. The summed E-state index contributed by atoms with van der Waals surface area (Å²) < 4.78 is 26.5. The van der Waals surface area contributed by atoms with E-state index in [-0.39, 0.29) is 5.82 Å². The van der Waals surface area contributed by atoms with E-state index < -0.39 is 18.3 Å². The summed E-state index contributed by atoms with van der Waals surface area (Å²) in [6.45, 7) is 11.9. The maximum Gasteiger partial charge on any atom is 0.499 e. The second-order valence-electron chi connectivity index (χ2n) is 7.85. The highest BCUT2D eigenvalue weighted by Gasteiger charge is 2.52. The number of hydrogen-bond donors (Lipinski definition) is 0. The van der Waals surface area contributed by atoms with Gasteiger partial charge in [-0.1, -0.05) is 6.92 Å². The van der Waals surface area contributed by atoms with Gasteiger partial charge in [-0.15, -0.1) is 0 Å². The lowest BCUT2D eigenvalue weighted by atomic mass is 9.80. The first kappa shape index (κ1) is 16.7. The fourth-order valence-electron chi connectivity index (χ4n) is 3.15. The molecule has 1 aromatic rings. The van der Waals surface area contributed by atoms with E-state index in [1.54, 1.807) is 6.20 Å². The van der Waals surface area contributed by atoms with Crippen LogP contribution in [0.2, 0.25) is 0 Å². The van der Waals surface area contributed by atoms with Gasteiger partial charge in [0, 0.05) is 30.8 Å². The standard InChI is InChI=1S/C17H26BFN2O2/c1-12-7-6-8-21(11-12)15-9-14(19)13(10-20-15)18-22-16(2,3)17(4,5)23-18/h9-10,12H,6-8,11H2,1-5H3. The normalized spacial score (nSPS) is 26.6.